The van der Waals surface area contributed by atoms with Crippen molar-refractivity contribution in [1.29, 1.82) is 0 Å². The first-order valence-electron chi connectivity index (χ1n) is 7.00. The average Bonchev–Trinajstić information content (AvgIpc) is 2.58. The second-order valence-corrected chi connectivity index (χ2v) is 4.86. The van der Waals surface area contributed by atoms with Gasteiger partial charge in [0, 0.05) is 23.4 Å². The summed E-state index contributed by atoms with van der Waals surface area (Å²) in [5.74, 6) is -0.438. The van der Waals surface area contributed by atoms with Gasteiger partial charge in [-0.2, -0.15) is 0 Å². The van der Waals surface area contributed by atoms with Gasteiger partial charge < -0.3 is 14.2 Å². The van der Waals surface area contributed by atoms with Gasteiger partial charge in [0.25, 0.3) is 0 Å². The summed E-state index contributed by atoms with van der Waals surface area (Å²) in [6.07, 6.45) is 4.32. The number of carbonyl (C=O) groups excluding carboxylic acids is 1. The van der Waals surface area contributed by atoms with Crippen molar-refractivity contribution in [1.82, 2.24) is 4.98 Å². The molecule has 23 heavy (non-hydrogen) atoms. The highest BCUT2D eigenvalue weighted by Gasteiger charge is 2.15. The lowest BCUT2D eigenvalue weighted by atomic mass is 10.1. The molecule has 1 aliphatic heterocycles. The van der Waals surface area contributed by atoms with E-state index >= 15 is 0 Å². The number of benzene rings is 1. The molecule has 0 saturated carbocycles. The zero-order valence-corrected chi connectivity index (χ0v) is 12.2. The lowest BCUT2D eigenvalue weighted by molar-refractivity contribution is -0.139. The molecule has 6 heteroatoms. The minimum absolute atomic E-state index is 0.0790. The van der Waals surface area contributed by atoms with Crippen molar-refractivity contribution >= 4 is 12.0 Å². The monoisotopic (exact) mass is 315 g/mol. The fourth-order valence-electron chi connectivity index (χ4n) is 2.17. The topological polar surface area (TPSA) is 57.7 Å². The minimum Gasteiger partial charge on any atom is -0.467 e. The Morgan fingerprint density at radius 2 is 2.30 bits per heavy atom. The molecule has 0 fully saturated rings. The molecule has 0 N–H and O–H groups in total. The first-order chi connectivity index (χ1) is 11.2. The normalized spacial score (nSPS) is 13.4. The first-order valence-corrected chi connectivity index (χ1v) is 7.00. The summed E-state index contributed by atoms with van der Waals surface area (Å²) in [5.41, 5.74) is 1.73. The molecule has 0 amide bonds. The Morgan fingerprint density at radius 3 is 3.13 bits per heavy atom. The highest BCUT2D eigenvalue weighted by Crippen LogP contribution is 2.30. The molecular weight excluding hydrogens is 301 g/mol. The van der Waals surface area contributed by atoms with Gasteiger partial charge in [0.2, 0.25) is 0 Å². The van der Waals surface area contributed by atoms with Crippen molar-refractivity contribution in [2.45, 2.75) is 13.2 Å². The summed E-state index contributed by atoms with van der Waals surface area (Å²) < 4.78 is 29.1. The van der Waals surface area contributed by atoms with E-state index in [9.17, 15) is 9.18 Å². The molecule has 0 spiro atoms. The van der Waals surface area contributed by atoms with Crippen molar-refractivity contribution in [2.24, 2.45) is 0 Å². The number of nitrogens with zero attached hydrogens (tertiary/aromatic N) is 1. The number of ether oxygens (including phenoxy) is 3. The first kappa shape index (κ1) is 15.2. The number of halogens is 1. The Bertz CT molecular complexity index is 731. The van der Waals surface area contributed by atoms with Gasteiger partial charge >= 0.3 is 5.97 Å². The molecule has 3 rings (SSSR count). The van der Waals surface area contributed by atoms with Crippen LogP contribution in [0.25, 0.3) is 6.08 Å². The molecule has 0 radical (unpaired) electrons. The summed E-state index contributed by atoms with van der Waals surface area (Å²) in [7, 11) is 0. The lowest BCUT2D eigenvalue weighted by Crippen LogP contribution is -2.12. The number of rotatable bonds is 4. The van der Waals surface area contributed by atoms with Gasteiger partial charge in [-0.1, -0.05) is 6.07 Å². The zero-order valence-electron chi connectivity index (χ0n) is 12.2. The van der Waals surface area contributed by atoms with Crippen LogP contribution in [0.3, 0.4) is 0 Å². The van der Waals surface area contributed by atoms with Crippen LogP contribution >= 0.6 is 0 Å². The molecule has 2 aromatic rings. The number of fused-ring (bicyclic) bond motifs is 1. The second kappa shape index (κ2) is 7.02. The largest absolute Gasteiger partial charge is 0.467 e. The summed E-state index contributed by atoms with van der Waals surface area (Å²) in [5, 5.41) is 0. The maximum absolute atomic E-state index is 13.6. The summed E-state index contributed by atoms with van der Waals surface area (Å²) >= 11 is 0. The maximum Gasteiger partial charge on any atom is 0.331 e. The highest BCUT2D eigenvalue weighted by molar-refractivity contribution is 5.87. The standard InChI is InChI=1S/C17H14FNO4/c18-14-7-12(17-13(8-14)9-21-11-23-17)4-5-16(20)22-10-15-3-1-2-6-19-15/h1-8H,9-11H2/b5-4+. The molecule has 1 aliphatic rings. The number of hydrogen-bond acceptors (Lipinski definition) is 5. The van der Waals surface area contributed by atoms with Gasteiger partial charge in [-0.25, -0.2) is 9.18 Å². The van der Waals surface area contributed by atoms with Crippen molar-refractivity contribution < 1.29 is 23.4 Å². The van der Waals surface area contributed by atoms with Crippen LogP contribution in [0.15, 0.2) is 42.6 Å². The van der Waals surface area contributed by atoms with E-state index in [-0.39, 0.29) is 20.0 Å². The van der Waals surface area contributed by atoms with Gasteiger partial charge in [-0.05, 0) is 30.3 Å². The SMILES string of the molecule is O=C(/C=C/c1cc(F)cc2c1OCOC2)OCc1ccccn1. The van der Waals surface area contributed by atoms with Crippen molar-refractivity contribution in [3.05, 3.63) is 65.2 Å². The number of carbonyl (C=O) groups is 1. The van der Waals surface area contributed by atoms with Gasteiger partial charge in [0.05, 0.1) is 12.3 Å². The fraction of sp³-hybridized carbons (Fsp3) is 0.176. The van der Waals surface area contributed by atoms with E-state index in [0.717, 1.165) is 0 Å². The molecule has 0 bridgehead atoms. The molecular formula is C17H14FNO4. The van der Waals surface area contributed by atoms with Crippen LogP contribution in [-0.4, -0.2) is 17.7 Å². The van der Waals surface area contributed by atoms with E-state index in [1.54, 1.807) is 18.3 Å². The number of aromatic nitrogens is 1. The van der Waals surface area contributed by atoms with Gasteiger partial charge in [-0.15, -0.1) is 0 Å². The number of pyridine rings is 1. The van der Waals surface area contributed by atoms with Crippen LogP contribution in [0.1, 0.15) is 16.8 Å². The zero-order chi connectivity index (χ0) is 16.1. The molecule has 0 saturated heterocycles. The van der Waals surface area contributed by atoms with Gasteiger partial charge in [0.1, 0.15) is 18.2 Å². The van der Waals surface area contributed by atoms with E-state index in [0.29, 0.717) is 22.6 Å². The predicted octanol–water partition coefficient (Wildman–Crippen LogP) is 2.84. The second-order valence-electron chi connectivity index (χ2n) is 4.86. The van der Waals surface area contributed by atoms with Crippen LogP contribution in [0.2, 0.25) is 0 Å². The Morgan fingerprint density at radius 1 is 1.39 bits per heavy atom. The lowest BCUT2D eigenvalue weighted by Gasteiger charge is -2.19. The minimum atomic E-state index is -0.541. The van der Waals surface area contributed by atoms with Gasteiger partial charge in [-0.3, -0.25) is 4.98 Å². The smallest absolute Gasteiger partial charge is 0.331 e. The third-order valence-corrected chi connectivity index (χ3v) is 3.19. The van der Waals surface area contributed by atoms with Crippen LogP contribution in [0, 0.1) is 5.82 Å². The van der Waals surface area contributed by atoms with Crippen LogP contribution in [0.4, 0.5) is 4.39 Å². The number of hydrogen-bond donors (Lipinski definition) is 0. The Kier molecular flexibility index (Phi) is 4.63. The van der Waals surface area contributed by atoms with Crippen molar-refractivity contribution in [2.75, 3.05) is 6.79 Å². The predicted molar refractivity (Wildman–Crippen MR) is 79.8 cm³/mol. The van der Waals surface area contributed by atoms with E-state index in [4.69, 9.17) is 14.2 Å². The molecule has 118 valence electrons. The van der Waals surface area contributed by atoms with Crippen LogP contribution in [0.5, 0.6) is 5.75 Å². The van der Waals surface area contributed by atoms with Crippen LogP contribution < -0.4 is 4.74 Å². The molecule has 1 aromatic heterocycles. The quantitative estimate of drug-likeness (QED) is 0.641. The molecule has 1 aromatic carbocycles. The molecule has 0 unspecified atom stereocenters. The molecule has 0 atom stereocenters. The van der Waals surface area contributed by atoms with E-state index in [1.165, 1.54) is 24.3 Å². The summed E-state index contributed by atoms with van der Waals surface area (Å²) in [6.45, 7) is 0.456. The maximum atomic E-state index is 13.6. The Hall–Kier alpha value is -2.73. The van der Waals surface area contributed by atoms with E-state index < -0.39 is 11.8 Å². The van der Waals surface area contributed by atoms with Crippen molar-refractivity contribution in [3.63, 3.8) is 0 Å². The number of esters is 1. The summed E-state index contributed by atoms with van der Waals surface area (Å²) in [6, 6.07) is 8.00. The van der Waals surface area contributed by atoms with Crippen LogP contribution in [-0.2, 0) is 27.5 Å². The third kappa shape index (κ3) is 3.92. The third-order valence-electron chi connectivity index (χ3n) is 3.19. The van der Waals surface area contributed by atoms with Crippen molar-refractivity contribution in [3.8, 4) is 5.75 Å². The van der Waals surface area contributed by atoms with E-state index in [2.05, 4.69) is 4.98 Å². The Labute approximate surface area is 132 Å². The molecule has 2 heterocycles. The molecule has 5 nitrogen and oxygen atoms in total. The fourth-order valence-corrected chi connectivity index (χ4v) is 2.17. The highest BCUT2D eigenvalue weighted by atomic mass is 19.1. The summed E-state index contributed by atoms with van der Waals surface area (Å²) in [4.78, 5) is 15.8. The molecule has 0 aliphatic carbocycles. The van der Waals surface area contributed by atoms with Gasteiger partial charge in [0.15, 0.2) is 6.79 Å². The average molecular weight is 315 g/mol. The Balaban J connectivity index is 1.68. The van der Waals surface area contributed by atoms with E-state index in [1.807, 2.05) is 6.07 Å².